The Hall–Kier alpha value is -1.49. The van der Waals surface area contributed by atoms with Crippen molar-refractivity contribution in [2.75, 3.05) is 5.43 Å². The number of hydrazine groups is 1. The highest BCUT2D eigenvalue weighted by Gasteiger charge is 2.08. The molecule has 0 saturated carbocycles. The molecular formula is C12H11Cl2N3O. The number of nitrogen functional groups attached to an aromatic ring is 1. The Balaban J connectivity index is 2.16. The lowest BCUT2D eigenvalue weighted by molar-refractivity contribution is 0.307. The molecule has 2 aromatic rings. The van der Waals surface area contributed by atoms with Gasteiger partial charge < -0.3 is 10.2 Å². The fourth-order valence-electron chi connectivity index (χ4n) is 1.44. The SMILES string of the molecule is NNc1ncccc1OCc1c(Cl)cccc1Cl. The van der Waals surface area contributed by atoms with Crippen molar-refractivity contribution in [3.63, 3.8) is 0 Å². The van der Waals surface area contributed by atoms with Gasteiger partial charge in [0.2, 0.25) is 0 Å². The lowest BCUT2D eigenvalue weighted by atomic mass is 10.2. The first kappa shape index (κ1) is 13.0. The zero-order chi connectivity index (χ0) is 13.0. The Morgan fingerprint density at radius 2 is 1.89 bits per heavy atom. The largest absolute Gasteiger partial charge is 0.485 e. The molecule has 6 heteroatoms. The first-order valence-corrected chi connectivity index (χ1v) is 5.95. The summed E-state index contributed by atoms with van der Waals surface area (Å²) in [6.07, 6.45) is 1.62. The van der Waals surface area contributed by atoms with E-state index in [9.17, 15) is 0 Å². The van der Waals surface area contributed by atoms with Crippen LogP contribution in [0, 0.1) is 0 Å². The Kier molecular flexibility index (Phi) is 4.25. The van der Waals surface area contributed by atoms with Crippen LogP contribution in [-0.2, 0) is 6.61 Å². The van der Waals surface area contributed by atoms with Gasteiger partial charge in [0.05, 0.1) is 0 Å². The van der Waals surface area contributed by atoms with Gasteiger partial charge >= 0.3 is 0 Å². The second-order valence-corrected chi connectivity index (χ2v) is 4.30. The van der Waals surface area contributed by atoms with E-state index in [1.165, 1.54) is 0 Å². The lowest BCUT2D eigenvalue weighted by Gasteiger charge is -2.11. The van der Waals surface area contributed by atoms with E-state index < -0.39 is 0 Å². The predicted molar refractivity (Wildman–Crippen MR) is 72.8 cm³/mol. The summed E-state index contributed by atoms with van der Waals surface area (Å²) in [6.45, 7) is 0.249. The number of rotatable bonds is 4. The van der Waals surface area contributed by atoms with Crippen LogP contribution < -0.4 is 16.0 Å². The molecule has 1 heterocycles. The average Bonchev–Trinajstić information content (AvgIpc) is 2.38. The molecule has 0 radical (unpaired) electrons. The van der Waals surface area contributed by atoms with Crippen molar-refractivity contribution in [2.45, 2.75) is 6.61 Å². The minimum absolute atomic E-state index is 0.249. The van der Waals surface area contributed by atoms with E-state index in [1.54, 1.807) is 36.5 Å². The number of pyridine rings is 1. The summed E-state index contributed by atoms with van der Waals surface area (Å²) in [5.74, 6) is 6.33. The van der Waals surface area contributed by atoms with Crippen LogP contribution >= 0.6 is 23.2 Å². The number of aromatic nitrogens is 1. The smallest absolute Gasteiger partial charge is 0.182 e. The molecule has 3 N–H and O–H groups in total. The highest BCUT2D eigenvalue weighted by molar-refractivity contribution is 6.35. The van der Waals surface area contributed by atoms with E-state index in [4.69, 9.17) is 33.8 Å². The molecule has 4 nitrogen and oxygen atoms in total. The molecule has 0 saturated heterocycles. The van der Waals surface area contributed by atoms with Gasteiger partial charge in [0.1, 0.15) is 6.61 Å². The molecule has 0 fully saturated rings. The van der Waals surface area contributed by atoms with Crippen LogP contribution in [-0.4, -0.2) is 4.98 Å². The first-order valence-electron chi connectivity index (χ1n) is 5.19. The van der Waals surface area contributed by atoms with Gasteiger partial charge in [-0.2, -0.15) is 0 Å². The van der Waals surface area contributed by atoms with Crippen LogP contribution in [0.5, 0.6) is 5.75 Å². The highest BCUT2D eigenvalue weighted by Crippen LogP contribution is 2.27. The van der Waals surface area contributed by atoms with Gasteiger partial charge in [0.25, 0.3) is 0 Å². The second-order valence-electron chi connectivity index (χ2n) is 3.48. The summed E-state index contributed by atoms with van der Waals surface area (Å²) in [7, 11) is 0. The van der Waals surface area contributed by atoms with E-state index in [-0.39, 0.29) is 6.61 Å². The van der Waals surface area contributed by atoms with Crippen LogP contribution in [0.4, 0.5) is 5.82 Å². The fourth-order valence-corrected chi connectivity index (χ4v) is 1.94. The number of hydrogen-bond acceptors (Lipinski definition) is 4. The molecule has 18 heavy (non-hydrogen) atoms. The molecule has 0 aliphatic heterocycles. The number of nitrogens with zero attached hydrogens (tertiary/aromatic N) is 1. The fraction of sp³-hybridized carbons (Fsp3) is 0.0833. The van der Waals surface area contributed by atoms with Gasteiger partial charge in [-0.1, -0.05) is 29.3 Å². The molecule has 94 valence electrons. The summed E-state index contributed by atoms with van der Waals surface area (Å²) in [6, 6.07) is 8.82. The van der Waals surface area contributed by atoms with Crippen molar-refractivity contribution in [3.05, 3.63) is 52.1 Å². The van der Waals surface area contributed by atoms with E-state index in [0.717, 1.165) is 5.56 Å². The lowest BCUT2D eigenvalue weighted by Crippen LogP contribution is -2.10. The number of nitrogens with one attached hydrogen (secondary N) is 1. The third kappa shape index (κ3) is 2.85. The van der Waals surface area contributed by atoms with Crippen molar-refractivity contribution in [2.24, 2.45) is 5.84 Å². The molecular weight excluding hydrogens is 273 g/mol. The molecule has 0 aliphatic rings. The molecule has 1 aromatic heterocycles. The van der Waals surface area contributed by atoms with Crippen LogP contribution in [0.25, 0.3) is 0 Å². The Bertz CT molecular complexity index is 528. The van der Waals surface area contributed by atoms with Gasteiger partial charge in [-0.05, 0) is 24.3 Å². The molecule has 0 atom stereocenters. The Morgan fingerprint density at radius 1 is 1.17 bits per heavy atom. The van der Waals surface area contributed by atoms with Crippen LogP contribution in [0.15, 0.2) is 36.5 Å². The minimum Gasteiger partial charge on any atom is -0.485 e. The summed E-state index contributed by atoms with van der Waals surface area (Å²) in [5, 5.41) is 1.13. The van der Waals surface area contributed by atoms with Gasteiger partial charge in [-0.15, -0.1) is 0 Å². The van der Waals surface area contributed by atoms with E-state index in [0.29, 0.717) is 21.6 Å². The number of ether oxygens (including phenoxy) is 1. The van der Waals surface area contributed by atoms with Crippen molar-refractivity contribution >= 4 is 29.0 Å². The highest BCUT2D eigenvalue weighted by atomic mass is 35.5. The molecule has 0 amide bonds. The zero-order valence-electron chi connectivity index (χ0n) is 9.36. The number of halogens is 2. The Morgan fingerprint density at radius 3 is 2.56 bits per heavy atom. The first-order chi connectivity index (χ1) is 8.72. The van der Waals surface area contributed by atoms with Crippen LogP contribution in [0.3, 0.4) is 0 Å². The van der Waals surface area contributed by atoms with Crippen molar-refractivity contribution < 1.29 is 4.74 Å². The molecule has 0 aliphatic carbocycles. The summed E-state index contributed by atoms with van der Waals surface area (Å²) in [5.41, 5.74) is 3.19. The van der Waals surface area contributed by atoms with Crippen LogP contribution in [0.1, 0.15) is 5.56 Å². The maximum absolute atomic E-state index is 6.05. The van der Waals surface area contributed by atoms with Crippen molar-refractivity contribution in [1.82, 2.24) is 4.98 Å². The van der Waals surface area contributed by atoms with E-state index >= 15 is 0 Å². The number of anilines is 1. The quantitative estimate of drug-likeness (QED) is 0.668. The maximum atomic E-state index is 6.05. The van der Waals surface area contributed by atoms with Crippen LogP contribution in [0.2, 0.25) is 10.0 Å². The second kappa shape index (κ2) is 5.91. The molecule has 0 unspecified atom stereocenters. The average molecular weight is 284 g/mol. The molecule has 1 aromatic carbocycles. The maximum Gasteiger partial charge on any atom is 0.182 e. The van der Waals surface area contributed by atoms with Crippen molar-refractivity contribution in [1.29, 1.82) is 0 Å². The topological polar surface area (TPSA) is 60.2 Å². The van der Waals surface area contributed by atoms with E-state index in [2.05, 4.69) is 10.4 Å². The number of hydrogen-bond donors (Lipinski definition) is 2. The minimum atomic E-state index is 0.249. The number of nitrogens with two attached hydrogens (primary N) is 1. The summed E-state index contributed by atoms with van der Waals surface area (Å²) >= 11 is 12.1. The van der Waals surface area contributed by atoms with Crippen molar-refractivity contribution in [3.8, 4) is 5.75 Å². The van der Waals surface area contributed by atoms with Gasteiger partial charge in [0, 0.05) is 21.8 Å². The molecule has 0 bridgehead atoms. The van der Waals surface area contributed by atoms with Gasteiger partial charge in [-0.3, -0.25) is 0 Å². The van der Waals surface area contributed by atoms with Gasteiger partial charge in [-0.25, -0.2) is 10.8 Å². The number of benzene rings is 1. The standard InChI is InChI=1S/C12H11Cl2N3O/c13-9-3-1-4-10(14)8(9)7-18-11-5-2-6-16-12(11)17-15/h1-6H,7,15H2,(H,16,17). The molecule has 0 spiro atoms. The zero-order valence-corrected chi connectivity index (χ0v) is 10.9. The molecule has 2 rings (SSSR count). The third-order valence-electron chi connectivity index (χ3n) is 2.34. The van der Waals surface area contributed by atoms with E-state index in [1.807, 2.05) is 0 Å². The summed E-state index contributed by atoms with van der Waals surface area (Å²) in [4.78, 5) is 4.03. The summed E-state index contributed by atoms with van der Waals surface area (Å²) < 4.78 is 5.60. The third-order valence-corrected chi connectivity index (χ3v) is 3.05. The normalized spacial score (nSPS) is 10.2. The monoisotopic (exact) mass is 283 g/mol. The Labute approximate surface area is 115 Å². The van der Waals surface area contributed by atoms with Gasteiger partial charge in [0.15, 0.2) is 11.6 Å². The predicted octanol–water partition coefficient (Wildman–Crippen LogP) is 3.25.